The predicted molar refractivity (Wildman–Crippen MR) is 90.7 cm³/mol. The summed E-state index contributed by atoms with van der Waals surface area (Å²) in [7, 11) is 0. The summed E-state index contributed by atoms with van der Waals surface area (Å²) in [6.45, 7) is 6.40. The van der Waals surface area contributed by atoms with Gasteiger partial charge in [0, 0.05) is 0 Å². The molecule has 0 aliphatic rings. The first-order valence-electron chi connectivity index (χ1n) is 8.54. The first-order valence-corrected chi connectivity index (χ1v) is 9.59. The van der Waals surface area contributed by atoms with E-state index >= 15 is 0 Å². The number of hydrogen-bond donors (Lipinski definition) is 0. The van der Waals surface area contributed by atoms with Crippen molar-refractivity contribution in [1.82, 2.24) is 0 Å². The molecule has 0 bridgehead atoms. The maximum absolute atomic E-state index is 12.7. The Bertz CT molecular complexity index is 247. The van der Waals surface area contributed by atoms with E-state index in [1.54, 1.807) is 18.7 Å². The van der Waals surface area contributed by atoms with Crippen LogP contribution in [-0.2, 0) is 9.53 Å². The van der Waals surface area contributed by atoms with E-state index < -0.39 is 6.17 Å². The molecule has 0 saturated carbocycles. The highest BCUT2D eigenvalue weighted by molar-refractivity contribution is 8.00. The number of rotatable bonds is 14. The Morgan fingerprint density at radius 1 is 1.05 bits per heavy atom. The van der Waals surface area contributed by atoms with Gasteiger partial charge in [0.15, 0.2) is 0 Å². The van der Waals surface area contributed by atoms with Crippen LogP contribution in [0.15, 0.2) is 0 Å². The molecule has 0 saturated heterocycles. The first kappa shape index (κ1) is 20.8. The maximum atomic E-state index is 12.7. The van der Waals surface area contributed by atoms with Gasteiger partial charge in [0.1, 0.15) is 5.25 Å². The van der Waals surface area contributed by atoms with Gasteiger partial charge in [0.25, 0.3) is 0 Å². The molecule has 0 N–H and O–H groups in total. The molecule has 4 heteroatoms. The number of halogens is 1. The molecule has 2 unspecified atom stereocenters. The molecule has 2 atom stereocenters. The van der Waals surface area contributed by atoms with Crippen LogP contribution in [0.4, 0.5) is 4.39 Å². The van der Waals surface area contributed by atoms with Crippen LogP contribution in [0.5, 0.6) is 0 Å². The average molecular weight is 321 g/mol. The summed E-state index contributed by atoms with van der Waals surface area (Å²) in [4.78, 5) is 12.1. The fourth-order valence-electron chi connectivity index (χ4n) is 2.01. The topological polar surface area (TPSA) is 26.3 Å². The Balaban J connectivity index is 3.97. The smallest absolute Gasteiger partial charge is 0.319 e. The molecule has 0 aromatic rings. The molecule has 0 heterocycles. The normalized spacial score (nSPS) is 13.9. The zero-order valence-corrected chi connectivity index (χ0v) is 14.9. The molecular weight excluding hydrogens is 287 g/mol. The lowest BCUT2D eigenvalue weighted by molar-refractivity contribution is -0.143. The lowest BCUT2D eigenvalue weighted by atomic mass is 10.1. The molecule has 0 rings (SSSR count). The molecule has 2 nitrogen and oxygen atoms in total. The van der Waals surface area contributed by atoms with Gasteiger partial charge in [-0.15, -0.1) is 11.8 Å². The number of unbranched alkanes of at least 4 members (excludes halogenated alkanes) is 4. The molecule has 0 spiro atoms. The van der Waals surface area contributed by atoms with Crippen molar-refractivity contribution >= 4 is 17.7 Å². The zero-order chi connectivity index (χ0) is 15.9. The van der Waals surface area contributed by atoms with E-state index in [0.717, 1.165) is 50.7 Å². The van der Waals surface area contributed by atoms with Crippen LogP contribution in [0.2, 0.25) is 0 Å². The highest BCUT2D eigenvalue weighted by Gasteiger charge is 2.19. The summed E-state index contributed by atoms with van der Waals surface area (Å²) in [6, 6.07) is 0. The van der Waals surface area contributed by atoms with E-state index in [-0.39, 0.29) is 11.2 Å². The highest BCUT2D eigenvalue weighted by Crippen LogP contribution is 2.21. The quantitative estimate of drug-likeness (QED) is 0.310. The van der Waals surface area contributed by atoms with E-state index in [2.05, 4.69) is 13.8 Å². The maximum Gasteiger partial charge on any atom is 0.319 e. The van der Waals surface area contributed by atoms with Gasteiger partial charge >= 0.3 is 5.97 Å². The van der Waals surface area contributed by atoms with Gasteiger partial charge in [-0.1, -0.05) is 39.5 Å². The Morgan fingerprint density at radius 3 is 2.33 bits per heavy atom. The number of carbonyl (C=O) groups excluding carboxylic acids is 1. The number of alkyl halides is 1. The number of ether oxygens (including phenoxy) is 1. The van der Waals surface area contributed by atoms with Gasteiger partial charge in [-0.3, -0.25) is 4.79 Å². The molecular formula is C17H33FO2S. The Kier molecular flexibility index (Phi) is 14.5. The second kappa shape index (κ2) is 14.7. The molecule has 0 aliphatic heterocycles. The van der Waals surface area contributed by atoms with Gasteiger partial charge in [-0.25, -0.2) is 4.39 Å². The van der Waals surface area contributed by atoms with Gasteiger partial charge in [0.05, 0.1) is 12.8 Å². The van der Waals surface area contributed by atoms with Crippen molar-refractivity contribution in [3.8, 4) is 0 Å². The van der Waals surface area contributed by atoms with E-state index in [9.17, 15) is 9.18 Å². The molecule has 0 aromatic heterocycles. The van der Waals surface area contributed by atoms with Crippen LogP contribution in [-0.4, -0.2) is 29.8 Å². The minimum absolute atomic E-state index is 0.0313. The van der Waals surface area contributed by atoms with Crippen LogP contribution < -0.4 is 0 Å². The van der Waals surface area contributed by atoms with Crippen molar-refractivity contribution in [2.45, 2.75) is 90.0 Å². The van der Waals surface area contributed by atoms with Gasteiger partial charge in [-0.05, 0) is 44.8 Å². The zero-order valence-electron chi connectivity index (χ0n) is 14.0. The fraction of sp³-hybridized carbons (Fsp3) is 0.941. The van der Waals surface area contributed by atoms with Gasteiger partial charge < -0.3 is 4.74 Å². The monoisotopic (exact) mass is 320 g/mol. The number of thioether (sulfide) groups is 1. The van der Waals surface area contributed by atoms with Crippen molar-refractivity contribution in [3.63, 3.8) is 0 Å². The predicted octanol–water partition coefficient (Wildman–Crippen LogP) is 5.54. The minimum Gasteiger partial charge on any atom is -0.465 e. The van der Waals surface area contributed by atoms with Crippen LogP contribution in [0.3, 0.4) is 0 Å². The van der Waals surface area contributed by atoms with E-state index in [4.69, 9.17) is 4.74 Å². The van der Waals surface area contributed by atoms with Crippen molar-refractivity contribution in [2.24, 2.45) is 0 Å². The van der Waals surface area contributed by atoms with Crippen molar-refractivity contribution in [1.29, 1.82) is 0 Å². The second-order valence-electron chi connectivity index (χ2n) is 5.65. The molecule has 21 heavy (non-hydrogen) atoms. The molecule has 0 fully saturated rings. The Hall–Kier alpha value is -0.250. The summed E-state index contributed by atoms with van der Waals surface area (Å²) in [5.41, 5.74) is 0. The fourth-order valence-corrected chi connectivity index (χ4v) is 3.21. The van der Waals surface area contributed by atoms with Gasteiger partial charge in [0.2, 0.25) is 0 Å². The second-order valence-corrected chi connectivity index (χ2v) is 6.96. The first-order chi connectivity index (χ1) is 10.1. The van der Waals surface area contributed by atoms with Crippen molar-refractivity contribution < 1.29 is 13.9 Å². The molecule has 0 aromatic carbocycles. The summed E-state index contributed by atoms with van der Waals surface area (Å²) in [6.07, 6.45) is 8.09. The third-order valence-electron chi connectivity index (χ3n) is 3.39. The van der Waals surface area contributed by atoms with Crippen LogP contribution in [0.25, 0.3) is 0 Å². The van der Waals surface area contributed by atoms with Crippen LogP contribution >= 0.6 is 11.8 Å². The van der Waals surface area contributed by atoms with E-state index in [1.807, 2.05) is 0 Å². The SMILES string of the molecule is CCCCCC(SCCCCC(C)F)C(=O)OCCCC. The van der Waals surface area contributed by atoms with E-state index in [1.165, 1.54) is 6.42 Å². The Morgan fingerprint density at radius 2 is 1.71 bits per heavy atom. The lowest BCUT2D eigenvalue weighted by Gasteiger charge is -2.15. The number of carbonyl (C=O) groups is 1. The van der Waals surface area contributed by atoms with Crippen molar-refractivity contribution in [2.75, 3.05) is 12.4 Å². The number of hydrogen-bond acceptors (Lipinski definition) is 3. The molecule has 126 valence electrons. The molecule has 0 aliphatic carbocycles. The summed E-state index contributed by atoms with van der Waals surface area (Å²) in [5.74, 6) is 0.871. The van der Waals surface area contributed by atoms with Gasteiger partial charge in [-0.2, -0.15) is 0 Å². The third-order valence-corrected chi connectivity index (χ3v) is 4.75. The van der Waals surface area contributed by atoms with Crippen molar-refractivity contribution in [3.05, 3.63) is 0 Å². The largest absolute Gasteiger partial charge is 0.465 e. The molecule has 0 amide bonds. The average Bonchev–Trinajstić information content (AvgIpc) is 2.45. The van der Waals surface area contributed by atoms with Crippen LogP contribution in [0.1, 0.15) is 78.6 Å². The summed E-state index contributed by atoms with van der Waals surface area (Å²) >= 11 is 1.69. The van der Waals surface area contributed by atoms with Crippen LogP contribution in [0, 0.1) is 0 Å². The summed E-state index contributed by atoms with van der Waals surface area (Å²) in [5, 5.41) is -0.0313. The third kappa shape index (κ3) is 13.2. The summed E-state index contributed by atoms with van der Waals surface area (Å²) < 4.78 is 18.1. The highest BCUT2D eigenvalue weighted by atomic mass is 32.2. The molecule has 0 radical (unpaired) electrons. The lowest BCUT2D eigenvalue weighted by Crippen LogP contribution is -2.21. The minimum atomic E-state index is -0.714. The van der Waals surface area contributed by atoms with E-state index in [0.29, 0.717) is 13.0 Å². The number of esters is 1. The standard InChI is InChI=1S/C17H33FO2S/c1-4-6-8-12-16(17(19)20-13-7-5-2)21-14-10-9-11-15(3)18/h15-16H,4-14H2,1-3H3. The Labute approximate surface area is 134 Å².